The Labute approximate surface area is 170 Å². The van der Waals surface area contributed by atoms with E-state index in [0.717, 1.165) is 38.5 Å². The summed E-state index contributed by atoms with van der Waals surface area (Å²) in [5.74, 6) is 0. The van der Waals surface area contributed by atoms with E-state index in [4.69, 9.17) is 9.73 Å². The summed E-state index contributed by atoms with van der Waals surface area (Å²) >= 11 is 1.89. The minimum Gasteiger partial charge on any atom is -0.378 e. The number of benzene rings is 1. The Balaban J connectivity index is 1.50. The number of aryl methyl sites for hydroxylation is 1. The number of hydrogen-bond acceptors (Lipinski definition) is 6. The van der Waals surface area contributed by atoms with Gasteiger partial charge in [-0.3, -0.25) is 9.98 Å². The maximum absolute atomic E-state index is 5.50. The number of rotatable bonds is 3. The van der Waals surface area contributed by atoms with Gasteiger partial charge in [0.25, 0.3) is 0 Å². The number of nitrogens with zero attached hydrogens (tertiary/aromatic N) is 4. The van der Waals surface area contributed by atoms with Gasteiger partial charge in [0, 0.05) is 36.8 Å². The average molecular weight is 395 g/mol. The number of ether oxygens (including phenoxy) is 1. The van der Waals surface area contributed by atoms with Crippen LogP contribution in [0, 0.1) is 6.92 Å². The van der Waals surface area contributed by atoms with Gasteiger partial charge in [0.2, 0.25) is 0 Å². The number of hydrogen-bond donors (Lipinski definition) is 0. The molecule has 0 unspecified atom stereocenters. The number of thioether (sulfide) groups is 1. The number of aromatic nitrogens is 1. The van der Waals surface area contributed by atoms with Crippen LogP contribution >= 0.6 is 11.8 Å². The highest BCUT2D eigenvalue weighted by atomic mass is 32.2. The normalized spacial score (nSPS) is 27.1. The third-order valence-electron chi connectivity index (χ3n) is 5.83. The van der Waals surface area contributed by atoms with Crippen LogP contribution in [-0.2, 0) is 4.74 Å². The van der Waals surface area contributed by atoms with Crippen molar-refractivity contribution in [2.45, 2.75) is 31.2 Å². The first-order valence-corrected chi connectivity index (χ1v) is 10.9. The summed E-state index contributed by atoms with van der Waals surface area (Å²) in [6, 6.07) is 13.3. The van der Waals surface area contributed by atoms with Crippen molar-refractivity contribution in [3.8, 4) is 0 Å². The van der Waals surface area contributed by atoms with Gasteiger partial charge in [0.15, 0.2) is 5.17 Å². The SMILES string of the molecule is Cc1cc(N2CCOCC2)ccc1[C@H]1[C@H](c2ccccn2)N=C2S[C@@H](C)CN21. The van der Waals surface area contributed by atoms with Crippen LogP contribution < -0.4 is 4.90 Å². The summed E-state index contributed by atoms with van der Waals surface area (Å²) in [6.45, 7) is 9.11. The molecule has 2 aromatic rings. The fourth-order valence-corrected chi connectivity index (χ4v) is 5.56. The second kappa shape index (κ2) is 7.41. The molecule has 28 heavy (non-hydrogen) atoms. The topological polar surface area (TPSA) is 41.0 Å². The fraction of sp³-hybridized carbons (Fsp3) is 0.455. The Morgan fingerprint density at radius 3 is 2.75 bits per heavy atom. The molecular weight excluding hydrogens is 368 g/mol. The van der Waals surface area contributed by atoms with Crippen LogP contribution in [0.3, 0.4) is 0 Å². The van der Waals surface area contributed by atoms with Crippen LogP contribution in [0.1, 0.15) is 35.8 Å². The molecule has 0 spiro atoms. The summed E-state index contributed by atoms with van der Waals surface area (Å²) < 4.78 is 5.50. The van der Waals surface area contributed by atoms with E-state index in [9.17, 15) is 0 Å². The van der Waals surface area contributed by atoms with Crippen molar-refractivity contribution in [2.24, 2.45) is 4.99 Å². The molecule has 0 N–H and O–H groups in total. The lowest BCUT2D eigenvalue weighted by Gasteiger charge is -2.31. The van der Waals surface area contributed by atoms with E-state index in [1.807, 2.05) is 24.0 Å². The van der Waals surface area contributed by atoms with Gasteiger partial charge >= 0.3 is 0 Å². The van der Waals surface area contributed by atoms with Crippen molar-refractivity contribution in [1.82, 2.24) is 9.88 Å². The van der Waals surface area contributed by atoms with Crippen LogP contribution in [0.2, 0.25) is 0 Å². The van der Waals surface area contributed by atoms with Crippen molar-refractivity contribution in [2.75, 3.05) is 37.7 Å². The predicted octanol–water partition coefficient (Wildman–Crippen LogP) is 3.82. The minimum absolute atomic E-state index is 0.0594. The predicted molar refractivity (Wildman–Crippen MR) is 115 cm³/mol. The first-order valence-electron chi connectivity index (χ1n) is 10.1. The molecule has 2 fully saturated rings. The Morgan fingerprint density at radius 2 is 2.00 bits per heavy atom. The summed E-state index contributed by atoms with van der Waals surface area (Å²) in [5.41, 5.74) is 5.04. The van der Waals surface area contributed by atoms with E-state index >= 15 is 0 Å². The quantitative estimate of drug-likeness (QED) is 0.792. The Bertz CT molecular complexity index is 881. The average Bonchev–Trinajstić information content (AvgIpc) is 3.25. The zero-order valence-corrected chi connectivity index (χ0v) is 17.2. The second-order valence-corrected chi connectivity index (χ2v) is 9.18. The van der Waals surface area contributed by atoms with E-state index in [1.54, 1.807) is 0 Å². The molecule has 5 nitrogen and oxygen atoms in total. The number of anilines is 1. The van der Waals surface area contributed by atoms with Gasteiger partial charge in [0.1, 0.15) is 6.04 Å². The Hall–Kier alpha value is -2.05. The van der Waals surface area contributed by atoms with Crippen LogP contribution in [0.5, 0.6) is 0 Å². The van der Waals surface area contributed by atoms with Crippen molar-refractivity contribution in [3.63, 3.8) is 0 Å². The molecular formula is C22H26N4OS. The number of morpholine rings is 1. The molecule has 3 aliphatic rings. The molecule has 146 valence electrons. The zero-order chi connectivity index (χ0) is 19.1. The summed E-state index contributed by atoms with van der Waals surface area (Å²) in [4.78, 5) is 14.6. The smallest absolute Gasteiger partial charge is 0.160 e. The molecule has 0 aliphatic carbocycles. The Morgan fingerprint density at radius 1 is 1.14 bits per heavy atom. The van der Waals surface area contributed by atoms with Crippen LogP contribution in [0.15, 0.2) is 47.6 Å². The zero-order valence-electron chi connectivity index (χ0n) is 16.4. The minimum atomic E-state index is 0.0594. The highest BCUT2D eigenvalue weighted by Gasteiger charge is 2.44. The molecule has 4 heterocycles. The molecule has 2 saturated heterocycles. The highest BCUT2D eigenvalue weighted by molar-refractivity contribution is 8.14. The van der Waals surface area contributed by atoms with Gasteiger partial charge in [-0.25, -0.2) is 0 Å². The number of amidine groups is 1. The van der Waals surface area contributed by atoms with E-state index in [2.05, 4.69) is 59.0 Å². The fourth-order valence-electron chi connectivity index (χ4n) is 4.46. The maximum atomic E-state index is 5.50. The first-order chi connectivity index (χ1) is 13.7. The number of pyridine rings is 1. The molecule has 0 saturated carbocycles. The van der Waals surface area contributed by atoms with Gasteiger partial charge in [-0.1, -0.05) is 30.8 Å². The molecule has 0 radical (unpaired) electrons. The van der Waals surface area contributed by atoms with Crippen LogP contribution in [-0.4, -0.2) is 53.1 Å². The first kappa shape index (κ1) is 18.0. The Kier molecular flexibility index (Phi) is 4.77. The standard InChI is InChI=1S/C22H26N4OS/c1-15-13-17(25-9-11-27-12-10-25)6-7-18(15)21-20(19-5-3-4-8-23-19)24-22-26(21)14-16(2)28-22/h3-8,13,16,20-21H,9-12,14H2,1-2H3/t16-,20-,21-/m0/s1. The van der Waals surface area contributed by atoms with E-state index in [-0.39, 0.29) is 12.1 Å². The molecule has 0 amide bonds. The second-order valence-electron chi connectivity index (χ2n) is 7.78. The van der Waals surface area contributed by atoms with Gasteiger partial charge in [-0.05, 0) is 42.3 Å². The molecule has 6 heteroatoms. The van der Waals surface area contributed by atoms with Gasteiger partial charge in [-0.15, -0.1) is 0 Å². The largest absolute Gasteiger partial charge is 0.378 e. The third-order valence-corrected chi connectivity index (χ3v) is 6.93. The third kappa shape index (κ3) is 3.18. The van der Waals surface area contributed by atoms with E-state index in [0.29, 0.717) is 5.25 Å². The number of fused-ring (bicyclic) bond motifs is 1. The molecule has 1 aromatic carbocycles. The molecule has 3 atom stereocenters. The summed E-state index contributed by atoms with van der Waals surface area (Å²) in [6.07, 6.45) is 1.88. The van der Waals surface area contributed by atoms with E-state index < -0.39 is 0 Å². The summed E-state index contributed by atoms with van der Waals surface area (Å²) in [7, 11) is 0. The molecule has 1 aromatic heterocycles. The molecule has 5 rings (SSSR count). The highest BCUT2D eigenvalue weighted by Crippen LogP contribution is 2.48. The summed E-state index contributed by atoms with van der Waals surface area (Å²) in [5, 5.41) is 1.75. The molecule has 0 bridgehead atoms. The monoisotopic (exact) mass is 394 g/mol. The maximum Gasteiger partial charge on any atom is 0.160 e. The van der Waals surface area contributed by atoms with Gasteiger partial charge < -0.3 is 14.5 Å². The van der Waals surface area contributed by atoms with E-state index in [1.165, 1.54) is 22.0 Å². The lowest BCUT2D eigenvalue weighted by atomic mass is 9.92. The van der Waals surface area contributed by atoms with Crippen LogP contribution in [0.4, 0.5) is 5.69 Å². The van der Waals surface area contributed by atoms with Gasteiger partial charge in [-0.2, -0.15) is 0 Å². The number of aliphatic imine (C=N–C) groups is 1. The van der Waals surface area contributed by atoms with Crippen molar-refractivity contribution >= 4 is 22.6 Å². The van der Waals surface area contributed by atoms with Crippen LogP contribution in [0.25, 0.3) is 0 Å². The van der Waals surface area contributed by atoms with Crippen molar-refractivity contribution in [1.29, 1.82) is 0 Å². The molecule has 3 aliphatic heterocycles. The lowest BCUT2D eigenvalue weighted by Crippen LogP contribution is -2.36. The van der Waals surface area contributed by atoms with Crippen molar-refractivity contribution < 1.29 is 4.74 Å². The van der Waals surface area contributed by atoms with Crippen molar-refractivity contribution in [3.05, 3.63) is 59.4 Å². The lowest BCUT2D eigenvalue weighted by molar-refractivity contribution is 0.122. The van der Waals surface area contributed by atoms with Gasteiger partial charge in [0.05, 0.1) is 24.9 Å².